The van der Waals surface area contributed by atoms with E-state index in [4.69, 9.17) is 5.73 Å². The fourth-order valence-electron chi connectivity index (χ4n) is 2.16. The third-order valence-electron chi connectivity index (χ3n) is 3.52. The van der Waals surface area contributed by atoms with Crippen molar-refractivity contribution >= 4 is 11.7 Å². The van der Waals surface area contributed by atoms with Gasteiger partial charge in [0.25, 0.3) is 5.92 Å². The molecule has 0 aliphatic carbocycles. The summed E-state index contributed by atoms with van der Waals surface area (Å²) in [5.74, 6) is -4.46. The van der Waals surface area contributed by atoms with E-state index in [1.165, 1.54) is 0 Å². The molecule has 3 N–H and O–H groups in total. The van der Waals surface area contributed by atoms with Gasteiger partial charge in [-0.25, -0.2) is 8.78 Å². The van der Waals surface area contributed by atoms with E-state index in [1.54, 1.807) is 0 Å². The summed E-state index contributed by atoms with van der Waals surface area (Å²) in [5.41, 5.74) is 3.64. The largest absolute Gasteiger partial charge is 0.416 e. The first-order valence-corrected chi connectivity index (χ1v) is 7.41. The zero-order valence-electron chi connectivity index (χ0n) is 13.7. The Morgan fingerprint density at radius 1 is 1.07 bits per heavy atom. The summed E-state index contributed by atoms with van der Waals surface area (Å²) in [4.78, 5) is 12.3. The number of halogens is 8. The maximum absolute atomic E-state index is 12.8. The first-order valence-electron chi connectivity index (χ1n) is 7.41. The maximum atomic E-state index is 12.8. The lowest BCUT2D eigenvalue weighted by Crippen LogP contribution is -2.58. The number of rotatable bonds is 4. The average molecular weight is 416 g/mol. The Morgan fingerprint density at radius 2 is 1.57 bits per heavy atom. The fourth-order valence-corrected chi connectivity index (χ4v) is 2.16. The van der Waals surface area contributed by atoms with Gasteiger partial charge in [0.15, 0.2) is 5.84 Å². The number of carbonyl (C=O) groups excluding carboxylic acids is 1. The maximum Gasteiger partial charge on any atom is 0.416 e. The van der Waals surface area contributed by atoms with Gasteiger partial charge in [-0.3, -0.25) is 10.2 Å². The Morgan fingerprint density at radius 3 is 2.00 bits per heavy atom. The molecule has 1 aromatic carbocycles. The van der Waals surface area contributed by atoms with Crippen molar-refractivity contribution in [2.75, 3.05) is 13.1 Å². The van der Waals surface area contributed by atoms with Gasteiger partial charge in [0.1, 0.15) is 0 Å². The summed E-state index contributed by atoms with van der Waals surface area (Å²) in [6.07, 6.45) is -8.44. The smallest absolute Gasteiger partial charge is 0.382 e. The molecule has 0 atom stereocenters. The van der Waals surface area contributed by atoms with Gasteiger partial charge in [-0.15, -0.1) is 0 Å². The summed E-state index contributed by atoms with van der Waals surface area (Å²) in [5, 5.41) is 3.35. The van der Waals surface area contributed by atoms with Crippen LogP contribution >= 0.6 is 0 Å². The van der Waals surface area contributed by atoms with Crippen LogP contribution in [0.2, 0.25) is 0 Å². The fraction of sp³-hybridized carbons (Fsp3) is 0.333. The highest BCUT2D eigenvalue weighted by Gasteiger charge is 2.45. The summed E-state index contributed by atoms with van der Waals surface area (Å²) < 4.78 is 102. The van der Waals surface area contributed by atoms with Crippen LogP contribution in [0.25, 0.3) is 0 Å². The number of benzene rings is 1. The third kappa shape index (κ3) is 5.33. The van der Waals surface area contributed by atoms with E-state index >= 15 is 0 Å². The van der Waals surface area contributed by atoms with Crippen LogP contribution in [0.3, 0.4) is 0 Å². The number of likely N-dealkylation sites (tertiary alicyclic amines) is 1. The van der Waals surface area contributed by atoms with E-state index in [-0.39, 0.29) is 6.07 Å². The second-order valence-electron chi connectivity index (χ2n) is 5.80. The Hall–Kier alpha value is -2.86. The number of nitrogens with zero attached hydrogens (tertiary/aromatic N) is 2. The Kier molecular flexibility index (Phi) is 5.57. The zero-order chi connectivity index (χ0) is 21.3. The van der Waals surface area contributed by atoms with Gasteiger partial charge >= 0.3 is 12.4 Å². The zero-order valence-corrected chi connectivity index (χ0v) is 13.7. The number of amides is 1. The molecule has 13 heteroatoms. The standard InChI is InChI=1S/C15H12F8N4O/c16-13(17)6-27(7-13)11(28)1-2-25-26-12(24)8-3-9(14(18,19)20)5-10(4-8)15(21,22)23/h1-5,25H,6-7H2,(H2,24,26)/b2-1+. The molecule has 28 heavy (non-hydrogen) atoms. The van der Waals surface area contributed by atoms with Gasteiger partial charge < -0.3 is 10.6 Å². The normalized spacial score (nSPS) is 17.6. The molecular weight excluding hydrogens is 404 g/mol. The van der Waals surface area contributed by atoms with Crippen LogP contribution in [0.1, 0.15) is 16.7 Å². The van der Waals surface area contributed by atoms with Crippen LogP contribution in [0.15, 0.2) is 35.6 Å². The molecule has 1 aromatic rings. The number of hydrazone groups is 1. The molecule has 154 valence electrons. The van der Waals surface area contributed by atoms with E-state index in [0.29, 0.717) is 12.1 Å². The quantitative estimate of drug-likeness (QED) is 0.261. The van der Waals surface area contributed by atoms with Crippen LogP contribution in [0.5, 0.6) is 0 Å². The summed E-state index contributed by atoms with van der Waals surface area (Å²) in [7, 11) is 0. The van der Waals surface area contributed by atoms with E-state index < -0.39 is 59.8 Å². The van der Waals surface area contributed by atoms with Crippen molar-refractivity contribution in [2.45, 2.75) is 18.3 Å². The van der Waals surface area contributed by atoms with Crippen LogP contribution in [0, 0.1) is 0 Å². The molecule has 1 aliphatic heterocycles. The molecule has 2 rings (SSSR count). The van der Waals surface area contributed by atoms with E-state index in [9.17, 15) is 39.9 Å². The lowest BCUT2D eigenvalue weighted by atomic mass is 10.0. The lowest BCUT2D eigenvalue weighted by Gasteiger charge is -2.37. The number of nitrogens with one attached hydrogen (secondary N) is 1. The van der Waals surface area contributed by atoms with Gasteiger partial charge in [0, 0.05) is 17.8 Å². The van der Waals surface area contributed by atoms with Crippen molar-refractivity contribution in [3.05, 3.63) is 47.2 Å². The second-order valence-corrected chi connectivity index (χ2v) is 5.80. The van der Waals surface area contributed by atoms with Gasteiger partial charge in [0.05, 0.1) is 24.2 Å². The van der Waals surface area contributed by atoms with Crippen molar-refractivity contribution in [2.24, 2.45) is 10.8 Å². The predicted octanol–water partition coefficient (Wildman–Crippen LogP) is 2.93. The van der Waals surface area contributed by atoms with Crippen molar-refractivity contribution in [3.8, 4) is 0 Å². The molecule has 1 fully saturated rings. The minimum Gasteiger partial charge on any atom is -0.382 e. The van der Waals surface area contributed by atoms with E-state index in [1.807, 2.05) is 5.43 Å². The molecule has 0 radical (unpaired) electrons. The second kappa shape index (κ2) is 7.28. The Balaban J connectivity index is 2.13. The molecular formula is C15H12F8N4O. The number of amidine groups is 1. The Labute approximate surface area is 152 Å². The summed E-state index contributed by atoms with van der Waals surface area (Å²) in [6, 6.07) is 0.700. The van der Waals surface area contributed by atoms with Gasteiger partial charge in [-0.2, -0.15) is 31.4 Å². The van der Waals surface area contributed by atoms with Crippen LogP contribution in [-0.4, -0.2) is 35.7 Å². The molecule has 0 unspecified atom stereocenters. The number of hydrogen-bond donors (Lipinski definition) is 2. The molecule has 1 saturated heterocycles. The van der Waals surface area contributed by atoms with Crippen molar-refractivity contribution in [1.29, 1.82) is 0 Å². The molecule has 1 amide bonds. The molecule has 0 spiro atoms. The minimum absolute atomic E-state index is 0.0639. The van der Waals surface area contributed by atoms with Crippen LogP contribution in [-0.2, 0) is 17.1 Å². The highest BCUT2D eigenvalue weighted by molar-refractivity contribution is 5.97. The molecule has 0 bridgehead atoms. The average Bonchev–Trinajstić information content (AvgIpc) is 2.54. The SMILES string of the molecule is N/C(=N\N/C=C/C(=O)N1CC(F)(F)C1)c1cc(C(F)(F)F)cc(C(F)(F)F)c1. The molecule has 1 heterocycles. The van der Waals surface area contributed by atoms with Crippen LogP contribution in [0.4, 0.5) is 35.1 Å². The van der Waals surface area contributed by atoms with E-state index in [2.05, 4.69) is 5.10 Å². The molecule has 0 saturated carbocycles. The van der Waals surface area contributed by atoms with Gasteiger partial charge in [-0.1, -0.05) is 0 Å². The Bertz CT molecular complexity index is 773. The van der Waals surface area contributed by atoms with E-state index in [0.717, 1.165) is 17.2 Å². The highest BCUT2D eigenvalue weighted by Crippen LogP contribution is 2.36. The number of carbonyl (C=O) groups is 1. The topological polar surface area (TPSA) is 70.7 Å². The molecule has 5 nitrogen and oxygen atoms in total. The minimum atomic E-state index is -5.05. The third-order valence-corrected chi connectivity index (χ3v) is 3.52. The number of nitrogens with two attached hydrogens (primary N) is 1. The van der Waals surface area contributed by atoms with Crippen molar-refractivity contribution in [3.63, 3.8) is 0 Å². The van der Waals surface area contributed by atoms with Gasteiger partial charge in [0.2, 0.25) is 5.91 Å². The lowest BCUT2D eigenvalue weighted by molar-refractivity contribution is -0.160. The van der Waals surface area contributed by atoms with Crippen molar-refractivity contribution < 1.29 is 39.9 Å². The summed E-state index contributed by atoms with van der Waals surface area (Å²) in [6.45, 7) is -1.52. The predicted molar refractivity (Wildman–Crippen MR) is 81.0 cm³/mol. The highest BCUT2D eigenvalue weighted by atomic mass is 19.4. The number of alkyl halides is 8. The molecule has 0 aromatic heterocycles. The monoisotopic (exact) mass is 416 g/mol. The molecule has 1 aliphatic rings. The van der Waals surface area contributed by atoms with Crippen LogP contribution < -0.4 is 11.2 Å². The first-order chi connectivity index (χ1) is 12.7. The van der Waals surface area contributed by atoms with Crippen molar-refractivity contribution in [1.82, 2.24) is 10.3 Å². The summed E-state index contributed by atoms with van der Waals surface area (Å²) >= 11 is 0. The van der Waals surface area contributed by atoms with Gasteiger partial charge in [-0.05, 0) is 18.2 Å². The first kappa shape index (κ1) is 21.4. The number of hydrogen-bond acceptors (Lipinski definition) is 3.